The van der Waals surface area contributed by atoms with E-state index in [1.54, 1.807) is 18.2 Å². The molecule has 1 aromatic carbocycles. The van der Waals surface area contributed by atoms with E-state index in [0.717, 1.165) is 11.3 Å². The number of H-pyrrole nitrogens is 1. The number of benzene rings is 1. The number of aliphatic imine (C=N–C) groups is 1. The summed E-state index contributed by atoms with van der Waals surface area (Å²) in [4.78, 5) is 46.6. The second-order valence-electron chi connectivity index (χ2n) is 7.36. The van der Waals surface area contributed by atoms with E-state index >= 15 is 0 Å². The number of likely N-dealkylation sites (N-methyl/N-ethyl adjacent to an activating group) is 1. The minimum atomic E-state index is -1.08. The SMILES string of the molecule is CN1c2c(nc(N)[nH]c2=O)N=CC1CNc1ccc(CN[C@@H](CCC(=O)O)C(=O)O)cc1. The lowest BCUT2D eigenvalue weighted by molar-refractivity contribution is -0.140. The normalized spacial score (nSPS) is 15.8. The molecular formula is C20H25N7O5. The van der Waals surface area contributed by atoms with Crippen molar-refractivity contribution in [2.45, 2.75) is 31.5 Å². The van der Waals surface area contributed by atoms with Gasteiger partial charge >= 0.3 is 11.9 Å². The highest BCUT2D eigenvalue weighted by atomic mass is 16.4. The van der Waals surface area contributed by atoms with Crippen molar-refractivity contribution in [2.24, 2.45) is 4.99 Å². The van der Waals surface area contributed by atoms with Crippen LogP contribution in [-0.2, 0) is 16.1 Å². The summed E-state index contributed by atoms with van der Waals surface area (Å²) in [5.41, 5.74) is 7.26. The number of aliphatic carboxylic acids is 2. The average molecular weight is 443 g/mol. The Balaban J connectivity index is 1.54. The number of hydrogen-bond donors (Lipinski definition) is 6. The van der Waals surface area contributed by atoms with Crippen LogP contribution in [0.25, 0.3) is 0 Å². The first-order valence-electron chi connectivity index (χ1n) is 9.92. The largest absolute Gasteiger partial charge is 0.481 e. The van der Waals surface area contributed by atoms with Crippen molar-refractivity contribution in [1.82, 2.24) is 15.3 Å². The minimum Gasteiger partial charge on any atom is -0.481 e. The van der Waals surface area contributed by atoms with Crippen LogP contribution in [-0.4, -0.2) is 64.0 Å². The number of carboxylic acids is 2. The van der Waals surface area contributed by atoms with Crippen molar-refractivity contribution in [1.29, 1.82) is 0 Å². The maximum Gasteiger partial charge on any atom is 0.320 e. The van der Waals surface area contributed by atoms with Crippen LogP contribution in [0.2, 0.25) is 0 Å². The van der Waals surface area contributed by atoms with Gasteiger partial charge in [0.15, 0.2) is 5.82 Å². The Morgan fingerprint density at radius 2 is 2.00 bits per heavy atom. The Hall–Kier alpha value is -3.93. The van der Waals surface area contributed by atoms with Gasteiger partial charge in [-0.05, 0) is 24.1 Å². The molecule has 1 aliphatic heterocycles. The molecule has 32 heavy (non-hydrogen) atoms. The molecule has 12 nitrogen and oxygen atoms in total. The molecule has 1 unspecified atom stereocenters. The highest BCUT2D eigenvalue weighted by molar-refractivity contribution is 5.82. The quantitative estimate of drug-likeness (QED) is 0.300. The van der Waals surface area contributed by atoms with Crippen molar-refractivity contribution in [3.05, 3.63) is 40.2 Å². The van der Waals surface area contributed by atoms with Gasteiger partial charge in [-0.15, -0.1) is 0 Å². The molecule has 0 saturated carbocycles. The van der Waals surface area contributed by atoms with Gasteiger partial charge in [0.1, 0.15) is 11.7 Å². The highest BCUT2D eigenvalue weighted by Crippen LogP contribution is 2.26. The Morgan fingerprint density at radius 1 is 1.28 bits per heavy atom. The van der Waals surface area contributed by atoms with E-state index in [1.807, 2.05) is 24.3 Å². The maximum absolute atomic E-state index is 12.2. The molecule has 0 saturated heterocycles. The van der Waals surface area contributed by atoms with E-state index in [-0.39, 0.29) is 36.2 Å². The van der Waals surface area contributed by atoms with Crippen LogP contribution in [0.1, 0.15) is 18.4 Å². The predicted octanol–water partition coefficient (Wildman–Crippen LogP) is 0.392. The summed E-state index contributed by atoms with van der Waals surface area (Å²) in [6, 6.07) is 6.29. The number of rotatable bonds is 10. The van der Waals surface area contributed by atoms with Gasteiger partial charge in [-0.2, -0.15) is 4.98 Å². The van der Waals surface area contributed by atoms with Crippen LogP contribution in [0.5, 0.6) is 0 Å². The van der Waals surface area contributed by atoms with Gasteiger partial charge in [-0.3, -0.25) is 19.4 Å². The van der Waals surface area contributed by atoms with E-state index in [9.17, 15) is 19.5 Å². The van der Waals surface area contributed by atoms with E-state index in [4.69, 9.17) is 10.8 Å². The number of carboxylic acid groups (broad SMARTS) is 2. The van der Waals surface area contributed by atoms with Crippen molar-refractivity contribution < 1.29 is 19.8 Å². The Kier molecular flexibility index (Phi) is 7.05. The summed E-state index contributed by atoms with van der Waals surface area (Å²) in [6.07, 6.45) is 1.49. The van der Waals surface area contributed by atoms with Crippen molar-refractivity contribution in [3.8, 4) is 0 Å². The van der Waals surface area contributed by atoms with Crippen molar-refractivity contribution in [3.63, 3.8) is 0 Å². The molecule has 1 aliphatic rings. The zero-order valence-electron chi connectivity index (χ0n) is 17.4. The standard InChI is InChI=1S/C20H25N7O5/c1-27-13(10-24-17-16(27)18(30)26-20(21)25-17)9-22-12-4-2-11(3-5-12)8-23-14(19(31)32)6-7-15(28)29/h2-5,10,13-14,22-23H,6-9H2,1H3,(H,28,29)(H,31,32)(H3,21,25,26,30)/t13?,14-/m0/s1. The lowest BCUT2D eigenvalue weighted by atomic mass is 10.1. The summed E-state index contributed by atoms with van der Waals surface area (Å²) < 4.78 is 0. The third-order valence-corrected chi connectivity index (χ3v) is 5.08. The Morgan fingerprint density at radius 3 is 2.66 bits per heavy atom. The first kappa shape index (κ1) is 22.7. The molecule has 2 heterocycles. The first-order chi connectivity index (χ1) is 15.2. The van der Waals surface area contributed by atoms with Gasteiger partial charge in [0.05, 0.1) is 6.04 Å². The molecule has 170 valence electrons. The lowest BCUT2D eigenvalue weighted by Gasteiger charge is -2.30. The second kappa shape index (κ2) is 9.92. The number of carbonyl (C=O) groups is 2. The van der Waals surface area contributed by atoms with Gasteiger partial charge in [-0.25, -0.2) is 4.99 Å². The number of anilines is 3. The summed E-state index contributed by atoms with van der Waals surface area (Å²) in [5, 5.41) is 24.1. The van der Waals surface area contributed by atoms with E-state index in [1.165, 1.54) is 0 Å². The molecule has 0 radical (unpaired) electrons. The summed E-state index contributed by atoms with van der Waals surface area (Å²) in [6.45, 7) is 0.779. The van der Waals surface area contributed by atoms with E-state index < -0.39 is 18.0 Å². The lowest BCUT2D eigenvalue weighted by Crippen LogP contribution is -2.43. The number of aromatic nitrogens is 2. The molecular weight excluding hydrogens is 418 g/mol. The van der Waals surface area contributed by atoms with E-state index in [2.05, 4.69) is 25.6 Å². The molecule has 0 amide bonds. The van der Waals surface area contributed by atoms with Crippen LogP contribution in [0.3, 0.4) is 0 Å². The molecule has 12 heteroatoms. The Bertz CT molecular complexity index is 1070. The maximum atomic E-state index is 12.2. The zero-order chi connectivity index (χ0) is 23.3. The summed E-state index contributed by atoms with van der Waals surface area (Å²) in [7, 11) is 1.78. The number of nitrogens with two attached hydrogens (primary N) is 1. The Labute approximate surface area is 183 Å². The van der Waals surface area contributed by atoms with Gasteiger partial charge in [0.25, 0.3) is 5.56 Å². The molecule has 2 atom stereocenters. The fourth-order valence-electron chi connectivity index (χ4n) is 3.28. The van der Waals surface area contributed by atoms with Crippen LogP contribution in [0, 0.1) is 0 Å². The van der Waals surface area contributed by atoms with Gasteiger partial charge in [-0.1, -0.05) is 12.1 Å². The number of nitrogens with zero attached hydrogens (tertiary/aromatic N) is 3. The molecule has 3 rings (SSSR count). The monoisotopic (exact) mass is 443 g/mol. The molecule has 0 aliphatic carbocycles. The number of nitrogens with one attached hydrogen (secondary N) is 3. The third-order valence-electron chi connectivity index (χ3n) is 5.08. The second-order valence-corrected chi connectivity index (χ2v) is 7.36. The minimum absolute atomic E-state index is 0.00877. The van der Waals surface area contributed by atoms with Crippen molar-refractivity contribution in [2.75, 3.05) is 29.5 Å². The zero-order valence-corrected chi connectivity index (χ0v) is 17.4. The van der Waals surface area contributed by atoms with E-state index in [0.29, 0.717) is 18.8 Å². The number of fused-ring (bicyclic) bond motifs is 1. The number of aromatic amines is 1. The highest BCUT2D eigenvalue weighted by Gasteiger charge is 2.24. The molecule has 0 bridgehead atoms. The fraction of sp³-hybridized carbons (Fsp3) is 0.350. The third kappa shape index (κ3) is 5.60. The van der Waals surface area contributed by atoms with Crippen LogP contribution >= 0.6 is 0 Å². The van der Waals surface area contributed by atoms with Crippen LogP contribution in [0.4, 0.5) is 23.1 Å². The molecule has 0 fully saturated rings. The van der Waals surface area contributed by atoms with Gasteiger partial charge < -0.3 is 31.5 Å². The molecule has 2 aromatic rings. The average Bonchev–Trinajstić information content (AvgIpc) is 2.73. The van der Waals surface area contributed by atoms with Crippen molar-refractivity contribution >= 4 is 41.3 Å². The number of nitrogen functional groups attached to an aromatic ring is 1. The van der Waals surface area contributed by atoms with Gasteiger partial charge in [0, 0.05) is 38.5 Å². The summed E-state index contributed by atoms with van der Waals surface area (Å²) >= 11 is 0. The predicted molar refractivity (Wildman–Crippen MR) is 120 cm³/mol. The van der Waals surface area contributed by atoms with Crippen LogP contribution < -0.4 is 26.8 Å². The molecule has 1 aromatic heterocycles. The number of hydrogen-bond acceptors (Lipinski definition) is 9. The molecule has 7 N–H and O–H groups in total. The van der Waals surface area contributed by atoms with Crippen LogP contribution in [0.15, 0.2) is 34.1 Å². The first-order valence-corrected chi connectivity index (χ1v) is 9.92. The fourth-order valence-corrected chi connectivity index (χ4v) is 3.28. The smallest absolute Gasteiger partial charge is 0.320 e. The summed E-state index contributed by atoms with van der Waals surface area (Å²) in [5.74, 6) is -1.82. The van der Waals surface area contributed by atoms with Gasteiger partial charge in [0.2, 0.25) is 5.95 Å². The topological polar surface area (TPSA) is 186 Å². The molecule has 0 spiro atoms.